The number of halogens is 2. The maximum Gasteiger partial charge on any atom is 0.153 e. The van der Waals surface area contributed by atoms with Crippen LogP contribution in [-0.4, -0.2) is 9.55 Å². The van der Waals surface area contributed by atoms with Gasteiger partial charge in [-0.05, 0) is 34.1 Å². The van der Waals surface area contributed by atoms with Crippen molar-refractivity contribution in [1.29, 1.82) is 0 Å². The summed E-state index contributed by atoms with van der Waals surface area (Å²) in [4.78, 5) is 4.13. The van der Waals surface area contributed by atoms with Gasteiger partial charge >= 0.3 is 0 Å². The van der Waals surface area contributed by atoms with E-state index >= 15 is 0 Å². The Kier molecular flexibility index (Phi) is 2.65. The number of hydrogen-bond acceptors (Lipinski definition) is 1. The summed E-state index contributed by atoms with van der Waals surface area (Å²) in [6.45, 7) is 0. The van der Waals surface area contributed by atoms with E-state index in [1.807, 2.05) is 47.2 Å². The Labute approximate surface area is 112 Å². The molecule has 0 unspecified atom stereocenters. The van der Waals surface area contributed by atoms with Crippen LogP contribution in [0.3, 0.4) is 0 Å². The van der Waals surface area contributed by atoms with E-state index in [9.17, 15) is 0 Å². The molecule has 0 atom stereocenters. The van der Waals surface area contributed by atoms with E-state index in [2.05, 4.69) is 20.9 Å². The molecule has 84 valence electrons. The first-order chi connectivity index (χ1) is 8.27. The third kappa shape index (κ3) is 1.75. The first kappa shape index (κ1) is 10.8. The topological polar surface area (TPSA) is 17.8 Å². The molecule has 3 rings (SSSR count). The van der Waals surface area contributed by atoms with Gasteiger partial charge in [-0.2, -0.15) is 0 Å². The van der Waals surface area contributed by atoms with E-state index in [1.54, 1.807) is 6.20 Å². The number of para-hydroxylation sites is 1. The molecular weight excluding hydrogens is 300 g/mol. The van der Waals surface area contributed by atoms with Gasteiger partial charge in [-0.3, -0.25) is 0 Å². The minimum Gasteiger partial charge on any atom is -0.313 e. The smallest absolute Gasteiger partial charge is 0.153 e. The monoisotopic (exact) mass is 306 g/mol. The molecular formula is C13H8BrClN2. The Hall–Kier alpha value is -1.32. The predicted octanol–water partition coefficient (Wildman–Crippen LogP) is 4.44. The minimum atomic E-state index is 0.511. The zero-order chi connectivity index (χ0) is 11.8. The summed E-state index contributed by atoms with van der Waals surface area (Å²) in [6.07, 6.45) is 3.72. The van der Waals surface area contributed by atoms with Crippen LogP contribution in [0.2, 0.25) is 5.15 Å². The molecule has 0 aliphatic heterocycles. The number of rotatable bonds is 1. The second-order valence-corrected chi connectivity index (χ2v) is 4.89. The number of benzene rings is 1. The van der Waals surface area contributed by atoms with Gasteiger partial charge in [-0.15, -0.1) is 0 Å². The second kappa shape index (κ2) is 4.17. The van der Waals surface area contributed by atoms with Crippen LogP contribution in [0.25, 0.3) is 16.6 Å². The minimum absolute atomic E-state index is 0.511. The molecule has 0 bridgehead atoms. The van der Waals surface area contributed by atoms with E-state index in [0.29, 0.717) is 5.15 Å². The third-order valence-electron chi connectivity index (χ3n) is 2.65. The van der Waals surface area contributed by atoms with Gasteiger partial charge in [0.2, 0.25) is 0 Å². The first-order valence-corrected chi connectivity index (χ1v) is 6.31. The van der Waals surface area contributed by atoms with Crippen molar-refractivity contribution in [2.45, 2.75) is 0 Å². The number of aromatic nitrogens is 2. The number of hydrogen-bond donors (Lipinski definition) is 0. The van der Waals surface area contributed by atoms with Crippen molar-refractivity contribution in [2.75, 3.05) is 0 Å². The highest BCUT2D eigenvalue weighted by atomic mass is 79.9. The van der Waals surface area contributed by atoms with Crippen molar-refractivity contribution >= 4 is 38.4 Å². The number of pyridine rings is 1. The average molecular weight is 308 g/mol. The highest BCUT2D eigenvalue weighted by Gasteiger charge is 2.11. The van der Waals surface area contributed by atoms with Gasteiger partial charge in [0.05, 0.1) is 5.52 Å². The van der Waals surface area contributed by atoms with E-state index in [-0.39, 0.29) is 0 Å². The number of nitrogens with zero attached hydrogens (tertiary/aromatic N) is 2. The Morgan fingerprint density at radius 1 is 1.12 bits per heavy atom. The highest BCUT2D eigenvalue weighted by molar-refractivity contribution is 9.10. The fourth-order valence-corrected chi connectivity index (χ4v) is 2.66. The molecule has 0 saturated carbocycles. The maximum atomic E-state index is 6.17. The molecule has 4 heteroatoms. The van der Waals surface area contributed by atoms with E-state index < -0.39 is 0 Å². The lowest BCUT2D eigenvalue weighted by molar-refractivity contribution is 1.12. The third-order valence-corrected chi connectivity index (χ3v) is 3.56. The van der Waals surface area contributed by atoms with Gasteiger partial charge in [0, 0.05) is 27.9 Å². The lowest BCUT2D eigenvalue weighted by atomic mass is 10.3. The van der Waals surface area contributed by atoms with Crippen LogP contribution >= 0.6 is 27.5 Å². The second-order valence-electron chi connectivity index (χ2n) is 3.68. The van der Waals surface area contributed by atoms with Gasteiger partial charge < -0.3 is 4.57 Å². The maximum absolute atomic E-state index is 6.17. The van der Waals surface area contributed by atoms with Crippen LogP contribution in [0, 0.1) is 0 Å². The standard InChI is InChI=1S/C13H8BrClN2/c14-11-8-17(9-4-2-1-3-5-9)12-10(11)6-7-16-13(12)15/h1-8H. The highest BCUT2D eigenvalue weighted by Crippen LogP contribution is 2.31. The summed E-state index contributed by atoms with van der Waals surface area (Å²) in [5, 5.41) is 1.57. The van der Waals surface area contributed by atoms with Crippen molar-refractivity contribution < 1.29 is 0 Å². The fourth-order valence-electron chi connectivity index (χ4n) is 1.89. The molecule has 2 aromatic heterocycles. The molecule has 0 fully saturated rings. The average Bonchev–Trinajstić information content (AvgIpc) is 2.70. The number of fused-ring (bicyclic) bond motifs is 1. The Balaban J connectivity index is 2.38. The molecule has 17 heavy (non-hydrogen) atoms. The van der Waals surface area contributed by atoms with Crippen LogP contribution in [-0.2, 0) is 0 Å². The molecule has 0 aliphatic carbocycles. The fraction of sp³-hybridized carbons (Fsp3) is 0. The van der Waals surface area contributed by atoms with Gasteiger partial charge in [0.15, 0.2) is 5.15 Å². The summed E-state index contributed by atoms with van der Waals surface area (Å²) in [6, 6.07) is 12.0. The molecule has 0 N–H and O–H groups in total. The molecule has 2 heterocycles. The van der Waals surface area contributed by atoms with E-state index in [4.69, 9.17) is 11.6 Å². The van der Waals surface area contributed by atoms with Crippen molar-refractivity contribution in [2.24, 2.45) is 0 Å². The van der Waals surface area contributed by atoms with Crippen molar-refractivity contribution in [3.05, 3.63) is 58.4 Å². The van der Waals surface area contributed by atoms with Crippen LogP contribution in [0.15, 0.2) is 53.3 Å². The predicted molar refractivity (Wildman–Crippen MR) is 73.8 cm³/mol. The molecule has 2 nitrogen and oxygen atoms in total. The summed E-state index contributed by atoms with van der Waals surface area (Å²) < 4.78 is 3.05. The Bertz CT molecular complexity index is 676. The lowest BCUT2D eigenvalue weighted by Crippen LogP contribution is -1.92. The Morgan fingerprint density at radius 3 is 2.65 bits per heavy atom. The molecule has 3 aromatic rings. The normalized spacial score (nSPS) is 10.9. The Morgan fingerprint density at radius 2 is 1.88 bits per heavy atom. The molecule has 0 radical (unpaired) electrons. The van der Waals surface area contributed by atoms with Gasteiger partial charge in [0.25, 0.3) is 0 Å². The zero-order valence-corrected chi connectivity index (χ0v) is 11.1. The quantitative estimate of drug-likeness (QED) is 0.608. The van der Waals surface area contributed by atoms with Crippen molar-refractivity contribution in [3.63, 3.8) is 0 Å². The van der Waals surface area contributed by atoms with Crippen molar-refractivity contribution in [3.8, 4) is 5.69 Å². The van der Waals surface area contributed by atoms with Crippen LogP contribution in [0.4, 0.5) is 0 Å². The molecule has 1 aromatic carbocycles. The van der Waals surface area contributed by atoms with E-state index in [1.165, 1.54) is 0 Å². The summed E-state index contributed by atoms with van der Waals surface area (Å²) in [5.74, 6) is 0. The molecule has 0 saturated heterocycles. The van der Waals surface area contributed by atoms with Crippen LogP contribution in [0.1, 0.15) is 0 Å². The van der Waals surface area contributed by atoms with Gasteiger partial charge in [-0.25, -0.2) is 4.98 Å². The van der Waals surface area contributed by atoms with E-state index in [0.717, 1.165) is 21.1 Å². The zero-order valence-electron chi connectivity index (χ0n) is 8.77. The van der Waals surface area contributed by atoms with Crippen LogP contribution in [0.5, 0.6) is 0 Å². The molecule has 0 spiro atoms. The van der Waals surface area contributed by atoms with Crippen LogP contribution < -0.4 is 0 Å². The SMILES string of the molecule is Clc1nccc2c(Br)cn(-c3ccccc3)c12. The van der Waals surface area contributed by atoms with Gasteiger partial charge in [-0.1, -0.05) is 29.8 Å². The lowest BCUT2D eigenvalue weighted by Gasteiger charge is -2.05. The summed E-state index contributed by atoms with van der Waals surface area (Å²) in [7, 11) is 0. The summed E-state index contributed by atoms with van der Waals surface area (Å²) in [5.41, 5.74) is 1.99. The van der Waals surface area contributed by atoms with Gasteiger partial charge in [0.1, 0.15) is 0 Å². The largest absolute Gasteiger partial charge is 0.313 e. The first-order valence-electron chi connectivity index (χ1n) is 5.14. The molecule has 0 amide bonds. The molecule has 0 aliphatic rings. The summed E-state index contributed by atoms with van der Waals surface area (Å²) >= 11 is 9.71. The van der Waals surface area contributed by atoms with Crippen molar-refractivity contribution in [1.82, 2.24) is 9.55 Å².